The third-order valence-electron chi connectivity index (χ3n) is 20.0. The number of hydrogen-bond donors (Lipinski definition) is 12. The SMILES string of the molecule is CC1(C)[C@@H](O[C@@H]2O[C@H](CO)[C@@H](O[C@@H]3O[C@H](CO)[C@@H](O)[C@@H](O)[C@H]3O)[C@@H](O)[C@H]2O)CC[C@@]2(C)[C@@H]1CC[C@]1(C)[C@@H]2CC=C2[C@@H]3C[C@@](C)(CO)[C@@H]4C[C@]3(C(=O)O4)[C@H](O[C@@H]3O[C@H](CO)[C@@H](O)[C@@H](O)[C@H]3O)C[C@]21C. The van der Waals surface area contributed by atoms with Crippen LogP contribution in [0.15, 0.2) is 11.6 Å². The lowest BCUT2D eigenvalue weighted by Crippen LogP contribution is -2.69. The molecule has 26 atom stereocenters. The Morgan fingerprint density at radius 3 is 1.72 bits per heavy atom. The van der Waals surface area contributed by atoms with Gasteiger partial charge in [0.15, 0.2) is 18.9 Å². The molecule has 20 nitrogen and oxygen atoms in total. The smallest absolute Gasteiger partial charge is 0.315 e. The molecule has 0 aromatic carbocycles. The molecule has 0 amide bonds. The third kappa shape index (κ3) is 7.32. The maximum atomic E-state index is 14.5. The van der Waals surface area contributed by atoms with Crippen LogP contribution in [-0.4, -0.2) is 204 Å². The molecule has 4 saturated carbocycles. The van der Waals surface area contributed by atoms with Gasteiger partial charge in [-0.3, -0.25) is 4.79 Å². The lowest BCUT2D eigenvalue weighted by Gasteiger charge is -2.71. The van der Waals surface area contributed by atoms with Crippen molar-refractivity contribution < 1.29 is 99.2 Å². The van der Waals surface area contributed by atoms with E-state index in [1.54, 1.807) is 0 Å². The van der Waals surface area contributed by atoms with Crippen molar-refractivity contribution in [3.05, 3.63) is 11.6 Å². The van der Waals surface area contributed by atoms with Crippen molar-refractivity contribution in [2.45, 2.75) is 203 Å². The first-order valence-electron chi connectivity index (χ1n) is 24.6. The molecule has 12 N–H and O–H groups in total. The van der Waals surface area contributed by atoms with Crippen molar-refractivity contribution in [1.82, 2.24) is 0 Å². The molecule has 9 rings (SSSR count). The molecule has 2 bridgehead atoms. The Kier molecular flexibility index (Phi) is 13.5. The van der Waals surface area contributed by atoms with Crippen LogP contribution >= 0.6 is 0 Å². The maximum Gasteiger partial charge on any atom is 0.315 e. The molecular formula is C48H76O20. The van der Waals surface area contributed by atoms with Crippen molar-refractivity contribution >= 4 is 5.97 Å². The zero-order valence-corrected chi connectivity index (χ0v) is 39.8. The topological polar surface area (TPSA) is 324 Å². The first-order chi connectivity index (χ1) is 31.9. The van der Waals surface area contributed by atoms with Crippen molar-refractivity contribution in [3.63, 3.8) is 0 Å². The van der Waals surface area contributed by atoms with E-state index in [-0.39, 0.29) is 35.7 Å². The number of esters is 1. The average molecular weight is 973 g/mol. The van der Waals surface area contributed by atoms with Gasteiger partial charge in [0.25, 0.3) is 0 Å². The zero-order chi connectivity index (χ0) is 49.4. The lowest BCUT2D eigenvalue weighted by atomic mass is 9.33. The highest BCUT2D eigenvalue weighted by Gasteiger charge is 2.76. The molecule has 388 valence electrons. The first-order valence-corrected chi connectivity index (χ1v) is 24.6. The molecule has 0 aromatic heterocycles. The van der Waals surface area contributed by atoms with Crippen LogP contribution in [-0.2, 0) is 38.0 Å². The fourth-order valence-electron chi connectivity index (χ4n) is 15.7. The Labute approximate surface area is 396 Å². The van der Waals surface area contributed by atoms with Gasteiger partial charge in [-0.25, -0.2) is 0 Å². The monoisotopic (exact) mass is 972 g/mol. The van der Waals surface area contributed by atoms with Crippen LogP contribution in [0.25, 0.3) is 0 Å². The van der Waals surface area contributed by atoms with E-state index in [0.717, 1.165) is 31.3 Å². The molecule has 20 heteroatoms. The van der Waals surface area contributed by atoms with Gasteiger partial charge in [-0.05, 0) is 84.4 Å². The highest BCUT2D eigenvalue weighted by molar-refractivity contribution is 5.82. The highest BCUT2D eigenvalue weighted by atomic mass is 16.7. The highest BCUT2D eigenvalue weighted by Crippen LogP contribution is 2.77. The van der Waals surface area contributed by atoms with Gasteiger partial charge >= 0.3 is 5.97 Å². The van der Waals surface area contributed by atoms with Crippen molar-refractivity contribution in [2.75, 3.05) is 26.4 Å². The number of allylic oxidation sites excluding steroid dienone is 2. The molecule has 0 unspecified atom stereocenters. The van der Waals surface area contributed by atoms with E-state index in [1.807, 2.05) is 6.92 Å². The van der Waals surface area contributed by atoms with Gasteiger partial charge in [0, 0.05) is 11.8 Å². The Hall–Kier alpha value is -1.51. The number of hydrogen-bond acceptors (Lipinski definition) is 20. The quantitative estimate of drug-likeness (QED) is 0.0646. The van der Waals surface area contributed by atoms with Gasteiger partial charge in [0.2, 0.25) is 0 Å². The zero-order valence-electron chi connectivity index (χ0n) is 39.8. The Bertz CT molecular complexity index is 1900. The van der Waals surface area contributed by atoms with E-state index in [1.165, 1.54) is 0 Å². The predicted octanol–water partition coefficient (Wildman–Crippen LogP) is -1.90. The molecule has 0 aromatic rings. The summed E-state index contributed by atoms with van der Waals surface area (Å²) in [5.41, 5.74) is -2.55. The van der Waals surface area contributed by atoms with Crippen molar-refractivity contribution in [3.8, 4) is 0 Å². The summed E-state index contributed by atoms with van der Waals surface area (Å²) in [4.78, 5) is 14.5. The number of carbonyl (C=O) groups excluding carboxylic acids is 1. The van der Waals surface area contributed by atoms with Crippen molar-refractivity contribution in [2.24, 2.45) is 50.2 Å². The second-order valence-corrected chi connectivity index (χ2v) is 23.5. The number of aliphatic hydroxyl groups excluding tert-OH is 12. The second-order valence-electron chi connectivity index (χ2n) is 23.5. The van der Waals surface area contributed by atoms with Gasteiger partial charge < -0.3 is 94.4 Å². The standard InChI is InChI=1S/C48H76O20/c1-43(2)25-9-12-46(5)26(45(25,4)11-10-27(43)65-40-37(60)34(57)38(24(18-51)64-40)68-41-36(59)33(56)31(54)23(17-50)63-41)8-7-20-21-13-44(3,19-52)28-15-48(21,42(61)67-28)29(14-47(20,46)6)66-39-35(58)32(55)30(53)22(16-49)62-39/h7,21-41,49-60H,8-19H2,1-6H3/t21-,22+,23+,24+,25+,26+,27-,28-,29+,30+,31+,32+,33+,34-,35+,36+,37+,38+,39-,40-,41-,44-,45-,46+,47+,48+/m0/s1. The molecule has 4 heterocycles. The van der Waals surface area contributed by atoms with E-state index < -0.39 is 164 Å². The van der Waals surface area contributed by atoms with Gasteiger partial charge in [-0.1, -0.05) is 53.2 Å². The number of fused-ring (bicyclic) bond motifs is 7. The summed E-state index contributed by atoms with van der Waals surface area (Å²) in [6.07, 6.45) is -18.3. The first kappa shape index (κ1) is 51.4. The summed E-state index contributed by atoms with van der Waals surface area (Å²) >= 11 is 0. The molecule has 0 radical (unpaired) electrons. The molecule has 68 heavy (non-hydrogen) atoms. The summed E-state index contributed by atoms with van der Waals surface area (Å²) in [5.74, 6) is -0.642. The Balaban J connectivity index is 0.973. The normalized spacial score (nSPS) is 56.4. The molecule has 4 aliphatic heterocycles. The van der Waals surface area contributed by atoms with Crippen LogP contribution in [0.2, 0.25) is 0 Å². The number of carbonyl (C=O) groups is 1. The third-order valence-corrected chi connectivity index (χ3v) is 20.0. The van der Waals surface area contributed by atoms with E-state index in [4.69, 9.17) is 33.2 Å². The summed E-state index contributed by atoms with van der Waals surface area (Å²) in [6.45, 7) is 10.9. The largest absolute Gasteiger partial charge is 0.461 e. The van der Waals surface area contributed by atoms with E-state index in [0.29, 0.717) is 19.3 Å². The van der Waals surface area contributed by atoms with Crippen LogP contribution in [0, 0.1) is 50.2 Å². The van der Waals surface area contributed by atoms with Gasteiger partial charge in [0.05, 0.1) is 38.6 Å². The summed E-state index contributed by atoms with van der Waals surface area (Å²) in [7, 11) is 0. The molecule has 8 fully saturated rings. The van der Waals surface area contributed by atoms with E-state index in [9.17, 15) is 66.1 Å². The molecular weight excluding hydrogens is 897 g/mol. The maximum absolute atomic E-state index is 14.5. The van der Waals surface area contributed by atoms with Crippen LogP contribution in [0.3, 0.4) is 0 Å². The van der Waals surface area contributed by atoms with Crippen LogP contribution in [0.1, 0.15) is 92.9 Å². The second kappa shape index (κ2) is 17.9. The molecule has 9 aliphatic rings. The number of ether oxygens (including phenoxy) is 7. The molecule has 5 aliphatic carbocycles. The average Bonchev–Trinajstić information content (AvgIpc) is 3.62. The minimum absolute atomic E-state index is 0.0842. The molecule has 4 saturated heterocycles. The van der Waals surface area contributed by atoms with Crippen LogP contribution < -0.4 is 0 Å². The van der Waals surface area contributed by atoms with Gasteiger partial charge in [-0.2, -0.15) is 0 Å². The van der Waals surface area contributed by atoms with E-state index >= 15 is 0 Å². The number of rotatable bonds is 10. The van der Waals surface area contributed by atoms with Crippen molar-refractivity contribution in [1.29, 1.82) is 0 Å². The summed E-state index contributed by atoms with van der Waals surface area (Å²) < 4.78 is 42.8. The van der Waals surface area contributed by atoms with E-state index in [2.05, 4.69) is 40.7 Å². The summed E-state index contributed by atoms with van der Waals surface area (Å²) in [5, 5.41) is 128. The fraction of sp³-hybridized carbons (Fsp3) is 0.938. The fourth-order valence-corrected chi connectivity index (χ4v) is 15.7. The minimum atomic E-state index is -1.79. The lowest BCUT2D eigenvalue weighted by molar-refractivity contribution is -0.368. The van der Waals surface area contributed by atoms with Crippen LogP contribution in [0.5, 0.6) is 0 Å². The van der Waals surface area contributed by atoms with Gasteiger partial charge in [-0.15, -0.1) is 0 Å². The number of aliphatic hydroxyl groups is 12. The predicted molar refractivity (Wildman–Crippen MR) is 231 cm³/mol. The Morgan fingerprint density at radius 2 is 1.15 bits per heavy atom. The van der Waals surface area contributed by atoms with Crippen LogP contribution in [0.4, 0.5) is 0 Å². The minimum Gasteiger partial charge on any atom is -0.461 e. The Morgan fingerprint density at radius 1 is 0.603 bits per heavy atom. The molecule has 1 spiro atoms. The summed E-state index contributed by atoms with van der Waals surface area (Å²) in [6, 6.07) is 0. The van der Waals surface area contributed by atoms with Gasteiger partial charge in [0.1, 0.15) is 84.8 Å².